The van der Waals surface area contributed by atoms with E-state index in [1.165, 1.54) is 16.9 Å². The summed E-state index contributed by atoms with van der Waals surface area (Å²) in [4.78, 5) is 11.9. The van der Waals surface area contributed by atoms with E-state index in [-0.39, 0.29) is 5.91 Å². The van der Waals surface area contributed by atoms with Crippen molar-refractivity contribution in [1.82, 2.24) is 0 Å². The molecule has 0 fully saturated rings. The van der Waals surface area contributed by atoms with Gasteiger partial charge in [-0.1, -0.05) is 12.1 Å². The quantitative estimate of drug-likeness (QED) is 0.818. The van der Waals surface area contributed by atoms with Crippen molar-refractivity contribution in [2.45, 2.75) is 12.8 Å². The van der Waals surface area contributed by atoms with E-state index >= 15 is 0 Å². The van der Waals surface area contributed by atoms with Crippen LogP contribution in [0.5, 0.6) is 0 Å². The maximum atomic E-state index is 11.9. The maximum Gasteiger partial charge on any atom is 0.256 e. The van der Waals surface area contributed by atoms with Crippen molar-refractivity contribution >= 4 is 34.5 Å². The van der Waals surface area contributed by atoms with Crippen LogP contribution in [-0.2, 0) is 6.42 Å². The molecule has 0 saturated carbocycles. The van der Waals surface area contributed by atoms with E-state index in [1.807, 2.05) is 41.1 Å². The highest BCUT2D eigenvalue weighted by Gasteiger charge is 2.06. The van der Waals surface area contributed by atoms with E-state index in [4.69, 9.17) is 11.6 Å². The van der Waals surface area contributed by atoms with Crippen molar-refractivity contribution < 1.29 is 4.79 Å². The molecule has 2 rings (SSSR count). The van der Waals surface area contributed by atoms with Crippen LogP contribution >= 0.6 is 22.9 Å². The predicted molar refractivity (Wildman–Crippen MR) is 77.8 cm³/mol. The Bertz CT molecular complexity index is 510. The largest absolute Gasteiger partial charge is 0.322 e. The van der Waals surface area contributed by atoms with E-state index in [9.17, 15) is 4.79 Å². The lowest BCUT2D eigenvalue weighted by atomic mass is 10.1. The minimum absolute atomic E-state index is 0.0641. The molecule has 94 valence electrons. The molecule has 0 bridgehead atoms. The molecule has 0 aliphatic carbocycles. The van der Waals surface area contributed by atoms with Gasteiger partial charge in [0.1, 0.15) is 0 Å². The van der Waals surface area contributed by atoms with E-state index in [2.05, 4.69) is 5.32 Å². The second kappa shape index (κ2) is 6.57. The molecule has 0 atom stereocenters. The van der Waals surface area contributed by atoms with Gasteiger partial charge in [-0.25, -0.2) is 0 Å². The third-order valence-corrected chi connectivity index (χ3v) is 3.52. The zero-order valence-corrected chi connectivity index (χ0v) is 11.4. The molecule has 1 heterocycles. The second-order valence-electron chi connectivity index (χ2n) is 3.96. The summed E-state index contributed by atoms with van der Waals surface area (Å²) in [7, 11) is 0. The van der Waals surface area contributed by atoms with Crippen LogP contribution in [0.1, 0.15) is 22.3 Å². The first-order chi connectivity index (χ1) is 8.79. The first kappa shape index (κ1) is 13.1. The fourth-order valence-corrected chi connectivity index (χ4v) is 2.44. The summed E-state index contributed by atoms with van der Waals surface area (Å²) in [5.41, 5.74) is 2.73. The second-order valence-corrected chi connectivity index (χ2v) is 5.12. The van der Waals surface area contributed by atoms with Gasteiger partial charge in [0.2, 0.25) is 0 Å². The van der Waals surface area contributed by atoms with Gasteiger partial charge in [0.25, 0.3) is 5.91 Å². The topological polar surface area (TPSA) is 29.1 Å². The molecular formula is C14H14ClNOS. The van der Waals surface area contributed by atoms with Gasteiger partial charge in [-0.2, -0.15) is 11.3 Å². The highest BCUT2D eigenvalue weighted by Crippen LogP contribution is 2.15. The molecule has 4 heteroatoms. The van der Waals surface area contributed by atoms with Crippen LogP contribution in [0, 0.1) is 0 Å². The molecule has 1 aromatic heterocycles. The summed E-state index contributed by atoms with van der Waals surface area (Å²) in [5.74, 6) is 0.594. The lowest BCUT2D eigenvalue weighted by Crippen LogP contribution is -2.10. The molecule has 0 saturated heterocycles. The normalized spacial score (nSPS) is 10.3. The van der Waals surface area contributed by atoms with Crippen molar-refractivity contribution in [3.05, 3.63) is 52.2 Å². The lowest BCUT2D eigenvalue weighted by Gasteiger charge is -2.06. The zero-order valence-electron chi connectivity index (χ0n) is 9.86. The summed E-state index contributed by atoms with van der Waals surface area (Å²) >= 11 is 7.19. The summed E-state index contributed by atoms with van der Waals surface area (Å²) in [6.45, 7) is 0. The molecule has 2 nitrogen and oxygen atoms in total. The van der Waals surface area contributed by atoms with Crippen LogP contribution in [0.4, 0.5) is 5.69 Å². The smallest absolute Gasteiger partial charge is 0.256 e. The third kappa shape index (κ3) is 3.59. The number of aryl methyl sites for hydroxylation is 1. The highest BCUT2D eigenvalue weighted by molar-refractivity contribution is 7.08. The number of benzene rings is 1. The molecule has 0 spiro atoms. The average molecular weight is 280 g/mol. The Hall–Kier alpha value is -1.32. The van der Waals surface area contributed by atoms with Crippen LogP contribution in [0.25, 0.3) is 0 Å². The van der Waals surface area contributed by atoms with E-state index in [0.717, 1.165) is 18.5 Å². The van der Waals surface area contributed by atoms with Gasteiger partial charge in [0.15, 0.2) is 0 Å². The van der Waals surface area contributed by atoms with E-state index in [0.29, 0.717) is 11.4 Å². The Morgan fingerprint density at radius 2 is 2.22 bits per heavy atom. The van der Waals surface area contributed by atoms with Crippen LogP contribution in [0.3, 0.4) is 0 Å². The number of nitrogens with one attached hydrogen (secondary N) is 1. The first-order valence-corrected chi connectivity index (χ1v) is 7.26. The molecular weight excluding hydrogens is 266 g/mol. The molecule has 2 aromatic rings. The minimum Gasteiger partial charge on any atom is -0.322 e. The zero-order chi connectivity index (χ0) is 12.8. The molecule has 1 amide bonds. The van der Waals surface area contributed by atoms with Gasteiger partial charge in [0, 0.05) is 16.9 Å². The summed E-state index contributed by atoms with van der Waals surface area (Å²) in [5, 5.41) is 6.63. The number of hydrogen-bond donors (Lipinski definition) is 1. The van der Waals surface area contributed by atoms with Gasteiger partial charge in [0.05, 0.1) is 5.56 Å². The average Bonchev–Trinajstić information content (AvgIpc) is 2.91. The monoisotopic (exact) mass is 279 g/mol. The Balaban J connectivity index is 2.03. The molecule has 0 aliphatic rings. The van der Waals surface area contributed by atoms with Crippen molar-refractivity contribution in [3.63, 3.8) is 0 Å². The Morgan fingerprint density at radius 3 is 2.94 bits per heavy atom. The van der Waals surface area contributed by atoms with Crippen molar-refractivity contribution in [3.8, 4) is 0 Å². The standard InChI is InChI=1S/C14H14ClNOS/c15-7-2-4-11-3-1-5-13(9-11)16-14(17)12-6-8-18-10-12/h1,3,5-6,8-10H,2,4,7H2,(H,16,17). The Morgan fingerprint density at radius 1 is 1.33 bits per heavy atom. The fraction of sp³-hybridized carbons (Fsp3) is 0.214. The predicted octanol–water partition coefficient (Wildman–Crippen LogP) is 4.17. The molecule has 1 aromatic carbocycles. The molecule has 0 unspecified atom stereocenters. The number of thiophene rings is 1. The van der Waals surface area contributed by atoms with Gasteiger partial charge >= 0.3 is 0 Å². The van der Waals surface area contributed by atoms with Crippen molar-refractivity contribution in [1.29, 1.82) is 0 Å². The van der Waals surface area contributed by atoms with Gasteiger partial charge in [-0.3, -0.25) is 4.79 Å². The number of carbonyl (C=O) groups excluding carboxylic acids is 1. The Labute approximate surface area is 116 Å². The van der Waals surface area contributed by atoms with Gasteiger partial charge < -0.3 is 5.32 Å². The van der Waals surface area contributed by atoms with Crippen LogP contribution in [0.15, 0.2) is 41.1 Å². The van der Waals surface area contributed by atoms with Crippen LogP contribution < -0.4 is 5.32 Å². The molecule has 1 N–H and O–H groups in total. The molecule has 0 radical (unpaired) electrons. The maximum absolute atomic E-state index is 11.9. The highest BCUT2D eigenvalue weighted by atomic mass is 35.5. The number of amides is 1. The minimum atomic E-state index is -0.0641. The van der Waals surface area contributed by atoms with Crippen molar-refractivity contribution in [2.75, 3.05) is 11.2 Å². The molecule has 0 aliphatic heterocycles. The lowest BCUT2D eigenvalue weighted by molar-refractivity contribution is 0.102. The Kier molecular flexibility index (Phi) is 4.79. The van der Waals surface area contributed by atoms with Gasteiger partial charge in [-0.15, -0.1) is 11.6 Å². The first-order valence-electron chi connectivity index (χ1n) is 5.78. The number of rotatable bonds is 5. The third-order valence-electron chi connectivity index (χ3n) is 2.57. The number of anilines is 1. The van der Waals surface area contributed by atoms with E-state index in [1.54, 1.807) is 0 Å². The number of alkyl halides is 1. The molecule has 18 heavy (non-hydrogen) atoms. The fourth-order valence-electron chi connectivity index (χ4n) is 1.67. The van der Waals surface area contributed by atoms with Crippen LogP contribution in [0.2, 0.25) is 0 Å². The van der Waals surface area contributed by atoms with Gasteiger partial charge in [-0.05, 0) is 42.0 Å². The van der Waals surface area contributed by atoms with E-state index < -0.39 is 0 Å². The number of halogens is 1. The van der Waals surface area contributed by atoms with Crippen molar-refractivity contribution in [2.24, 2.45) is 0 Å². The summed E-state index contributed by atoms with van der Waals surface area (Å²) in [6, 6.07) is 9.71. The SMILES string of the molecule is O=C(Nc1cccc(CCCCl)c1)c1ccsc1. The number of hydrogen-bond acceptors (Lipinski definition) is 2. The summed E-state index contributed by atoms with van der Waals surface area (Å²) < 4.78 is 0. The number of carbonyl (C=O) groups is 1. The summed E-state index contributed by atoms with van der Waals surface area (Å²) in [6.07, 6.45) is 1.88. The van der Waals surface area contributed by atoms with Crippen LogP contribution in [-0.4, -0.2) is 11.8 Å².